The van der Waals surface area contributed by atoms with Crippen LogP contribution in [0, 0.1) is 17.5 Å². The Morgan fingerprint density at radius 3 is 2.50 bits per heavy atom. The number of nitrogens with zero attached hydrogens (tertiary/aromatic N) is 1. The SMILES string of the molecule is Nc1[nH]ncc1-c1c(F)cc(F)c(Cl)c1F. The highest BCUT2D eigenvalue weighted by molar-refractivity contribution is 6.31. The van der Waals surface area contributed by atoms with Gasteiger partial charge in [-0.15, -0.1) is 0 Å². The molecule has 7 heteroatoms. The third-order valence-electron chi connectivity index (χ3n) is 2.05. The summed E-state index contributed by atoms with van der Waals surface area (Å²) in [6, 6.07) is 0.493. The second kappa shape index (κ2) is 3.71. The smallest absolute Gasteiger partial charge is 0.155 e. The van der Waals surface area contributed by atoms with E-state index in [4.69, 9.17) is 17.3 Å². The van der Waals surface area contributed by atoms with Crippen LogP contribution < -0.4 is 5.73 Å². The quantitative estimate of drug-likeness (QED) is 0.601. The summed E-state index contributed by atoms with van der Waals surface area (Å²) < 4.78 is 39.9. The van der Waals surface area contributed by atoms with E-state index < -0.39 is 28.0 Å². The molecule has 0 aliphatic rings. The minimum absolute atomic E-state index is 0.00287. The molecule has 2 rings (SSSR count). The Balaban J connectivity index is 2.76. The molecule has 3 N–H and O–H groups in total. The molecule has 3 nitrogen and oxygen atoms in total. The second-order valence-electron chi connectivity index (χ2n) is 3.04. The lowest BCUT2D eigenvalue weighted by Gasteiger charge is -2.05. The summed E-state index contributed by atoms with van der Waals surface area (Å²) in [5.74, 6) is -3.48. The summed E-state index contributed by atoms with van der Waals surface area (Å²) in [6.07, 6.45) is 1.13. The standard InChI is InChI=1S/C9H5ClF3N3/c10-7-5(12)1-4(11)6(8(7)13)3-2-15-16-9(3)14/h1-2H,(H3,14,15,16). The maximum Gasteiger partial charge on any atom is 0.155 e. The molecule has 0 saturated carbocycles. The average Bonchev–Trinajstić information content (AvgIpc) is 2.62. The normalized spacial score (nSPS) is 10.8. The Kier molecular flexibility index (Phi) is 2.51. The van der Waals surface area contributed by atoms with E-state index in [0.29, 0.717) is 6.07 Å². The Bertz CT molecular complexity index is 553. The van der Waals surface area contributed by atoms with E-state index in [0.717, 1.165) is 6.20 Å². The van der Waals surface area contributed by atoms with Gasteiger partial charge < -0.3 is 5.73 Å². The number of rotatable bonds is 1. The van der Waals surface area contributed by atoms with Crippen LogP contribution in [0.4, 0.5) is 19.0 Å². The molecule has 0 aliphatic heterocycles. The van der Waals surface area contributed by atoms with Gasteiger partial charge in [0.15, 0.2) is 5.82 Å². The molecule has 16 heavy (non-hydrogen) atoms. The third-order valence-corrected chi connectivity index (χ3v) is 2.40. The van der Waals surface area contributed by atoms with Gasteiger partial charge in [-0.1, -0.05) is 11.6 Å². The number of anilines is 1. The number of aromatic nitrogens is 2. The lowest BCUT2D eigenvalue weighted by molar-refractivity contribution is 0.548. The predicted molar refractivity (Wildman–Crippen MR) is 53.3 cm³/mol. The first-order valence-electron chi connectivity index (χ1n) is 4.14. The van der Waals surface area contributed by atoms with Crippen LogP contribution in [0.25, 0.3) is 11.1 Å². The van der Waals surface area contributed by atoms with Crippen molar-refractivity contribution in [3.8, 4) is 11.1 Å². The molecule has 0 spiro atoms. The molecule has 0 radical (unpaired) electrons. The summed E-state index contributed by atoms with van der Waals surface area (Å²) in [6.45, 7) is 0. The molecule has 0 unspecified atom stereocenters. The molecule has 0 saturated heterocycles. The first-order valence-corrected chi connectivity index (χ1v) is 4.52. The van der Waals surface area contributed by atoms with Crippen molar-refractivity contribution in [2.45, 2.75) is 0 Å². The van der Waals surface area contributed by atoms with Crippen LogP contribution in [-0.2, 0) is 0 Å². The molecular weight excluding hydrogens is 243 g/mol. The number of hydrogen-bond acceptors (Lipinski definition) is 2. The van der Waals surface area contributed by atoms with Gasteiger partial charge in [-0.3, -0.25) is 5.10 Å². The maximum absolute atomic E-state index is 13.6. The molecule has 1 heterocycles. The van der Waals surface area contributed by atoms with Gasteiger partial charge in [0, 0.05) is 11.6 Å². The Morgan fingerprint density at radius 2 is 1.94 bits per heavy atom. The number of nitrogens with two attached hydrogens (primary N) is 1. The van der Waals surface area contributed by atoms with Gasteiger partial charge in [0.1, 0.15) is 22.5 Å². The van der Waals surface area contributed by atoms with Crippen LogP contribution in [-0.4, -0.2) is 10.2 Å². The minimum atomic E-state index is -1.20. The first kappa shape index (κ1) is 10.8. The Morgan fingerprint density at radius 1 is 1.25 bits per heavy atom. The fourth-order valence-corrected chi connectivity index (χ4v) is 1.46. The van der Waals surface area contributed by atoms with Crippen molar-refractivity contribution in [2.75, 3.05) is 5.73 Å². The predicted octanol–water partition coefficient (Wildman–Crippen LogP) is 2.73. The van der Waals surface area contributed by atoms with Crippen LogP contribution in [0.15, 0.2) is 12.3 Å². The first-order chi connectivity index (χ1) is 7.52. The molecule has 1 aromatic heterocycles. The van der Waals surface area contributed by atoms with Gasteiger partial charge in [-0.05, 0) is 0 Å². The number of nitrogen functional groups attached to an aromatic ring is 1. The van der Waals surface area contributed by atoms with Gasteiger partial charge in [0.25, 0.3) is 0 Å². The number of H-pyrrole nitrogens is 1. The molecule has 0 bridgehead atoms. The average molecular weight is 248 g/mol. The fraction of sp³-hybridized carbons (Fsp3) is 0. The van der Waals surface area contributed by atoms with Crippen molar-refractivity contribution in [2.24, 2.45) is 0 Å². The van der Waals surface area contributed by atoms with Gasteiger partial charge >= 0.3 is 0 Å². The summed E-state index contributed by atoms with van der Waals surface area (Å²) in [5.41, 5.74) is 4.91. The summed E-state index contributed by atoms with van der Waals surface area (Å²) in [5, 5.41) is 5.04. The van der Waals surface area contributed by atoms with Crippen molar-refractivity contribution in [3.63, 3.8) is 0 Å². The van der Waals surface area contributed by atoms with Crippen molar-refractivity contribution < 1.29 is 13.2 Å². The highest BCUT2D eigenvalue weighted by atomic mass is 35.5. The zero-order valence-electron chi connectivity index (χ0n) is 7.69. The maximum atomic E-state index is 13.6. The molecule has 0 atom stereocenters. The van der Waals surface area contributed by atoms with E-state index >= 15 is 0 Å². The lowest BCUT2D eigenvalue weighted by Crippen LogP contribution is -1.96. The molecule has 0 fully saturated rings. The van der Waals surface area contributed by atoms with E-state index in [1.807, 2.05) is 0 Å². The summed E-state index contributed by atoms with van der Waals surface area (Å²) >= 11 is 5.34. The van der Waals surface area contributed by atoms with Crippen LogP contribution in [0.1, 0.15) is 0 Å². The number of nitrogens with one attached hydrogen (secondary N) is 1. The van der Waals surface area contributed by atoms with Gasteiger partial charge in [-0.2, -0.15) is 5.10 Å². The lowest BCUT2D eigenvalue weighted by atomic mass is 10.1. The Labute approximate surface area is 93.0 Å². The summed E-state index contributed by atoms with van der Waals surface area (Å²) in [7, 11) is 0. The molecule has 2 aromatic rings. The van der Waals surface area contributed by atoms with Gasteiger partial charge in [0.05, 0.1) is 11.8 Å². The van der Waals surface area contributed by atoms with Crippen molar-refractivity contribution in [1.29, 1.82) is 0 Å². The molecule has 0 amide bonds. The molecule has 0 aliphatic carbocycles. The highest BCUT2D eigenvalue weighted by Crippen LogP contribution is 2.34. The molecular formula is C9H5ClF3N3. The van der Waals surface area contributed by atoms with Crippen LogP contribution >= 0.6 is 11.6 Å². The number of aromatic amines is 1. The summed E-state index contributed by atoms with van der Waals surface area (Å²) in [4.78, 5) is 0. The second-order valence-corrected chi connectivity index (χ2v) is 3.42. The third kappa shape index (κ3) is 1.51. The van der Waals surface area contributed by atoms with E-state index in [2.05, 4.69) is 10.2 Å². The van der Waals surface area contributed by atoms with Crippen LogP contribution in [0.3, 0.4) is 0 Å². The van der Waals surface area contributed by atoms with Crippen molar-refractivity contribution >= 4 is 17.4 Å². The monoisotopic (exact) mass is 247 g/mol. The van der Waals surface area contributed by atoms with Gasteiger partial charge in [0.2, 0.25) is 0 Å². The van der Waals surface area contributed by atoms with E-state index in [1.165, 1.54) is 0 Å². The highest BCUT2D eigenvalue weighted by Gasteiger charge is 2.21. The van der Waals surface area contributed by atoms with Gasteiger partial charge in [-0.25, -0.2) is 13.2 Å². The zero-order valence-corrected chi connectivity index (χ0v) is 8.45. The van der Waals surface area contributed by atoms with E-state index in [1.54, 1.807) is 0 Å². The number of halogens is 4. The Hall–Kier alpha value is -1.69. The zero-order chi connectivity index (χ0) is 11.9. The van der Waals surface area contributed by atoms with Crippen molar-refractivity contribution in [1.82, 2.24) is 10.2 Å². The van der Waals surface area contributed by atoms with Crippen LogP contribution in [0.2, 0.25) is 5.02 Å². The number of benzene rings is 1. The minimum Gasteiger partial charge on any atom is -0.384 e. The van der Waals surface area contributed by atoms with Crippen molar-refractivity contribution in [3.05, 3.63) is 34.7 Å². The molecule has 1 aromatic carbocycles. The topological polar surface area (TPSA) is 54.7 Å². The number of hydrogen-bond donors (Lipinski definition) is 2. The van der Waals surface area contributed by atoms with E-state index in [-0.39, 0.29) is 11.4 Å². The van der Waals surface area contributed by atoms with E-state index in [9.17, 15) is 13.2 Å². The molecule has 84 valence electrons. The van der Waals surface area contributed by atoms with Crippen LogP contribution in [0.5, 0.6) is 0 Å². The largest absolute Gasteiger partial charge is 0.384 e. The fourth-order valence-electron chi connectivity index (χ4n) is 1.31.